The van der Waals surface area contributed by atoms with Crippen molar-refractivity contribution in [2.45, 2.75) is 6.92 Å². The third-order valence-electron chi connectivity index (χ3n) is 12.1. The molecule has 0 radical (unpaired) electrons. The minimum Gasteiger partial charge on any atom is -0.309 e. The SMILES string of the molecule is C=C/C(=C\C=C/C)n1c2ccccc2c2c(-c3cccc(-n4c5ccccc5c5ccc(-c6ccc(-c7cc(-c8ccccc8)nc(-c8ccccc8)n7)cc6)cc54)c3)cccc21. The summed E-state index contributed by atoms with van der Waals surface area (Å²) in [7, 11) is 0. The van der Waals surface area contributed by atoms with E-state index in [4.69, 9.17) is 9.97 Å². The van der Waals surface area contributed by atoms with Crippen molar-refractivity contribution in [3.8, 4) is 61.8 Å². The monoisotopic (exact) mass is 806 g/mol. The zero-order valence-electron chi connectivity index (χ0n) is 34.9. The Morgan fingerprint density at radius 3 is 1.79 bits per heavy atom. The highest BCUT2D eigenvalue weighted by Gasteiger charge is 2.19. The van der Waals surface area contributed by atoms with Crippen LogP contribution in [0.1, 0.15) is 6.92 Å². The summed E-state index contributed by atoms with van der Waals surface area (Å²) in [6, 6.07) is 71.3. The predicted octanol–water partition coefficient (Wildman–Crippen LogP) is 15.6. The number of para-hydroxylation sites is 2. The Kier molecular flexibility index (Phi) is 9.52. The minimum atomic E-state index is 0.709. The molecule has 0 N–H and O–H groups in total. The summed E-state index contributed by atoms with van der Waals surface area (Å²) < 4.78 is 4.74. The highest BCUT2D eigenvalue weighted by Crippen LogP contribution is 2.41. The predicted molar refractivity (Wildman–Crippen MR) is 266 cm³/mol. The first-order valence-electron chi connectivity index (χ1n) is 21.4. The number of hydrogen-bond donors (Lipinski definition) is 0. The number of hydrogen-bond acceptors (Lipinski definition) is 2. The molecule has 0 spiro atoms. The lowest BCUT2D eigenvalue weighted by molar-refractivity contribution is 1.18. The van der Waals surface area contributed by atoms with Gasteiger partial charge in [-0.05, 0) is 83.8 Å². The normalized spacial score (nSPS) is 12.0. The van der Waals surface area contributed by atoms with E-state index in [1.807, 2.05) is 55.5 Å². The number of fused-ring (bicyclic) bond motifs is 6. The first-order chi connectivity index (χ1) is 31.2. The van der Waals surface area contributed by atoms with Crippen molar-refractivity contribution in [1.29, 1.82) is 0 Å². The van der Waals surface area contributed by atoms with Gasteiger partial charge in [0, 0.05) is 49.6 Å². The minimum absolute atomic E-state index is 0.709. The molecule has 0 aliphatic carbocycles. The van der Waals surface area contributed by atoms with E-state index in [-0.39, 0.29) is 0 Å². The fourth-order valence-electron chi connectivity index (χ4n) is 9.11. The lowest BCUT2D eigenvalue weighted by atomic mass is 9.99. The van der Waals surface area contributed by atoms with Crippen molar-refractivity contribution in [1.82, 2.24) is 19.1 Å². The molecule has 11 aromatic rings. The second kappa shape index (κ2) is 15.9. The van der Waals surface area contributed by atoms with Gasteiger partial charge in [-0.1, -0.05) is 176 Å². The molecule has 0 aliphatic heterocycles. The Morgan fingerprint density at radius 1 is 0.460 bits per heavy atom. The summed E-state index contributed by atoms with van der Waals surface area (Å²) in [5, 5.41) is 4.87. The molecule has 0 unspecified atom stereocenters. The Balaban J connectivity index is 1.02. The summed E-state index contributed by atoms with van der Waals surface area (Å²) in [4.78, 5) is 10.1. The molecule has 0 fully saturated rings. The summed E-state index contributed by atoms with van der Waals surface area (Å²) in [6.07, 6.45) is 8.18. The smallest absolute Gasteiger partial charge is 0.160 e. The zero-order chi connectivity index (χ0) is 42.3. The third kappa shape index (κ3) is 6.66. The van der Waals surface area contributed by atoms with Crippen LogP contribution in [0.3, 0.4) is 0 Å². The fraction of sp³-hybridized carbons (Fsp3) is 0.0169. The Labute approximate surface area is 366 Å². The quantitative estimate of drug-likeness (QED) is 0.136. The van der Waals surface area contributed by atoms with Crippen molar-refractivity contribution >= 4 is 49.3 Å². The summed E-state index contributed by atoms with van der Waals surface area (Å²) in [5.74, 6) is 0.709. The molecule has 11 rings (SSSR count). The maximum atomic E-state index is 5.07. The molecule has 0 aliphatic rings. The van der Waals surface area contributed by atoms with E-state index in [0.717, 1.165) is 72.7 Å². The average Bonchev–Trinajstić information content (AvgIpc) is 3.87. The molecule has 0 atom stereocenters. The lowest BCUT2D eigenvalue weighted by Gasteiger charge is -2.13. The van der Waals surface area contributed by atoms with Crippen LogP contribution in [-0.2, 0) is 0 Å². The Morgan fingerprint density at radius 2 is 1.05 bits per heavy atom. The Hall–Kier alpha value is -8.34. The zero-order valence-corrected chi connectivity index (χ0v) is 34.9. The first kappa shape index (κ1) is 37.6. The van der Waals surface area contributed by atoms with E-state index in [0.29, 0.717) is 5.82 Å². The number of aromatic nitrogens is 4. The molecule has 4 nitrogen and oxygen atoms in total. The maximum Gasteiger partial charge on any atom is 0.160 e. The largest absolute Gasteiger partial charge is 0.309 e. The van der Waals surface area contributed by atoms with Gasteiger partial charge in [-0.25, -0.2) is 9.97 Å². The standard InChI is InChI=1S/C59H42N4/c1-3-5-23-46(4-2)62-55-29-15-13-26-51(55)58-48(27-17-30-56(58)62)45-22-16-24-47(37-45)63-54-28-14-12-25-49(54)50-36-35-44(38-57(50)63)40-31-33-42(34-32-40)53-39-52(41-18-8-6-9-19-41)60-59(61-53)43-20-10-7-11-21-43/h3-39H,2H2,1H3/b5-3-,46-23+. The van der Waals surface area contributed by atoms with E-state index >= 15 is 0 Å². The van der Waals surface area contributed by atoms with Gasteiger partial charge in [0.2, 0.25) is 0 Å². The van der Waals surface area contributed by atoms with Crippen LogP contribution in [0.2, 0.25) is 0 Å². The van der Waals surface area contributed by atoms with Gasteiger partial charge in [0.05, 0.1) is 33.5 Å². The number of nitrogens with zero attached hydrogens (tertiary/aromatic N) is 4. The van der Waals surface area contributed by atoms with Gasteiger partial charge in [-0.2, -0.15) is 0 Å². The molecule has 63 heavy (non-hydrogen) atoms. The van der Waals surface area contributed by atoms with Crippen molar-refractivity contribution in [2.75, 3.05) is 0 Å². The molecule has 298 valence electrons. The highest BCUT2D eigenvalue weighted by atomic mass is 15.0. The molecule has 0 saturated carbocycles. The summed E-state index contributed by atoms with van der Waals surface area (Å²) in [6.45, 7) is 6.23. The molecule has 8 aromatic carbocycles. The molecule has 3 heterocycles. The van der Waals surface area contributed by atoms with Crippen LogP contribution in [0.25, 0.3) is 111 Å². The van der Waals surface area contributed by atoms with Crippen molar-refractivity contribution in [2.24, 2.45) is 0 Å². The second-order valence-electron chi connectivity index (χ2n) is 15.8. The summed E-state index contributed by atoms with van der Waals surface area (Å²) in [5.41, 5.74) is 16.3. The number of rotatable bonds is 9. The fourth-order valence-corrected chi connectivity index (χ4v) is 9.11. The van der Waals surface area contributed by atoms with Gasteiger partial charge in [0.25, 0.3) is 0 Å². The van der Waals surface area contributed by atoms with E-state index in [9.17, 15) is 0 Å². The third-order valence-corrected chi connectivity index (χ3v) is 12.1. The van der Waals surface area contributed by atoms with Crippen LogP contribution >= 0.6 is 0 Å². The van der Waals surface area contributed by atoms with Crippen LogP contribution in [0, 0.1) is 0 Å². The van der Waals surface area contributed by atoms with E-state index in [2.05, 4.69) is 192 Å². The number of allylic oxidation sites excluding steroid dienone is 5. The van der Waals surface area contributed by atoms with Crippen molar-refractivity contribution in [3.05, 3.63) is 231 Å². The van der Waals surface area contributed by atoms with Crippen LogP contribution in [0.4, 0.5) is 0 Å². The van der Waals surface area contributed by atoms with Gasteiger partial charge >= 0.3 is 0 Å². The average molecular weight is 807 g/mol. The van der Waals surface area contributed by atoms with Crippen molar-refractivity contribution in [3.63, 3.8) is 0 Å². The van der Waals surface area contributed by atoms with Gasteiger partial charge in [0.1, 0.15) is 0 Å². The van der Waals surface area contributed by atoms with Gasteiger partial charge < -0.3 is 9.13 Å². The lowest BCUT2D eigenvalue weighted by Crippen LogP contribution is -1.96. The van der Waals surface area contributed by atoms with Crippen LogP contribution in [-0.4, -0.2) is 19.1 Å². The maximum absolute atomic E-state index is 5.07. The second-order valence-corrected chi connectivity index (χ2v) is 15.8. The molecule has 0 saturated heterocycles. The number of benzene rings is 8. The van der Waals surface area contributed by atoms with Crippen LogP contribution in [0.5, 0.6) is 0 Å². The van der Waals surface area contributed by atoms with Crippen molar-refractivity contribution < 1.29 is 0 Å². The molecule has 0 bridgehead atoms. The molecule has 0 amide bonds. The first-order valence-corrected chi connectivity index (χ1v) is 21.4. The highest BCUT2D eigenvalue weighted by molar-refractivity contribution is 6.17. The van der Waals surface area contributed by atoms with Crippen LogP contribution < -0.4 is 0 Å². The topological polar surface area (TPSA) is 35.6 Å². The van der Waals surface area contributed by atoms with Crippen LogP contribution in [0.15, 0.2) is 231 Å². The molecule has 3 aromatic heterocycles. The molecular weight excluding hydrogens is 765 g/mol. The Bertz CT molecular complexity index is 3510. The van der Waals surface area contributed by atoms with E-state index in [1.54, 1.807) is 0 Å². The van der Waals surface area contributed by atoms with E-state index < -0.39 is 0 Å². The molecule has 4 heteroatoms. The van der Waals surface area contributed by atoms with Gasteiger partial charge in [-0.3, -0.25) is 0 Å². The van der Waals surface area contributed by atoms with Gasteiger partial charge in [0.15, 0.2) is 5.82 Å². The van der Waals surface area contributed by atoms with E-state index in [1.165, 1.54) is 32.6 Å². The summed E-state index contributed by atoms with van der Waals surface area (Å²) >= 11 is 0. The molecular formula is C59H42N4. The van der Waals surface area contributed by atoms with Gasteiger partial charge in [-0.15, -0.1) is 0 Å².